The predicted molar refractivity (Wildman–Crippen MR) is 44.6 cm³/mol. The first-order chi connectivity index (χ1) is 2.89. The summed E-state index contributed by atoms with van der Waals surface area (Å²) in [5.74, 6) is 0. The van der Waals surface area contributed by atoms with Crippen LogP contribution in [0.5, 0.6) is 0 Å². The van der Waals surface area contributed by atoms with Crippen molar-refractivity contribution in [2.24, 2.45) is 0 Å². The van der Waals surface area contributed by atoms with Crippen molar-refractivity contribution in [2.45, 2.75) is 0 Å². The molecule has 0 aromatic carbocycles. The van der Waals surface area contributed by atoms with Gasteiger partial charge in [-0.1, -0.05) is 0 Å². The highest BCUT2D eigenvalue weighted by molar-refractivity contribution is 7.50. The molecule has 34 valence electrons. The first-order valence-corrected chi connectivity index (χ1v) is 15.8. The lowest BCUT2D eigenvalue weighted by Gasteiger charge is -2.01. The third kappa shape index (κ3) is 1.19. The SMILES string of the molecule is BN1[SiH2][SiH2][SiH2][SiH2]1. The minimum atomic E-state index is 0.563. The van der Waals surface area contributed by atoms with E-state index in [0.717, 1.165) is 17.1 Å². The largest absolute Gasteiger partial charge is 0.408 e. The van der Waals surface area contributed by atoms with Gasteiger partial charge in [0.1, 0.15) is 0 Å². The lowest BCUT2D eigenvalue weighted by molar-refractivity contribution is 1.17. The van der Waals surface area contributed by atoms with Crippen LogP contribution in [0.4, 0.5) is 0 Å². The molecule has 0 N–H and O–H groups in total. The minimum Gasteiger partial charge on any atom is -0.408 e. The summed E-state index contributed by atoms with van der Waals surface area (Å²) in [5, 5.41) is 0. The summed E-state index contributed by atoms with van der Waals surface area (Å²) in [7, 11) is 5.02. The van der Waals surface area contributed by atoms with Crippen LogP contribution in [0.1, 0.15) is 0 Å². The van der Waals surface area contributed by atoms with E-state index in [1.807, 2.05) is 0 Å². The van der Waals surface area contributed by atoms with Crippen LogP contribution in [-0.4, -0.2) is 47.6 Å². The fourth-order valence-corrected chi connectivity index (χ4v) is 53.8. The number of nitrogens with zero attached hydrogens (tertiary/aromatic N) is 1. The summed E-state index contributed by atoms with van der Waals surface area (Å²) >= 11 is 0. The smallest absolute Gasteiger partial charge is 0.169 e. The molecule has 1 rings (SSSR count). The molecule has 0 aromatic heterocycles. The molecule has 0 spiro atoms. The van der Waals surface area contributed by atoms with Crippen LogP contribution in [0.2, 0.25) is 0 Å². The molecule has 1 aliphatic heterocycles. The molecular formula is H10BNSi4. The lowest BCUT2D eigenvalue weighted by atomic mass is 10.5. The van der Waals surface area contributed by atoms with Crippen LogP contribution in [0.25, 0.3) is 0 Å². The molecule has 1 fully saturated rings. The van der Waals surface area contributed by atoms with Crippen LogP contribution in [0.15, 0.2) is 0 Å². The highest BCUT2D eigenvalue weighted by atomic mass is 29.7. The molecule has 0 saturated carbocycles. The van der Waals surface area contributed by atoms with E-state index >= 15 is 0 Å². The zero-order valence-electron chi connectivity index (χ0n) is 4.28. The predicted octanol–water partition coefficient (Wildman–Crippen LogP) is -4.90. The summed E-state index contributed by atoms with van der Waals surface area (Å²) in [6.07, 6.45) is 0. The van der Waals surface area contributed by atoms with Crippen molar-refractivity contribution in [1.82, 2.24) is 4.14 Å². The zero-order valence-corrected chi connectivity index (χ0v) is 9.93. The van der Waals surface area contributed by atoms with E-state index in [0.29, 0.717) is 18.4 Å². The Labute approximate surface area is 48.1 Å². The molecule has 0 aliphatic carbocycles. The first-order valence-electron chi connectivity index (χ1n) is 2.58. The number of hydrogen-bond donors (Lipinski definition) is 0. The first kappa shape index (κ1) is 5.04. The lowest BCUT2D eigenvalue weighted by Crippen LogP contribution is -2.21. The van der Waals surface area contributed by atoms with E-state index < -0.39 is 0 Å². The Morgan fingerprint density at radius 3 is 1.83 bits per heavy atom. The van der Waals surface area contributed by atoms with Gasteiger partial charge in [-0.3, -0.25) is 0 Å². The maximum Gasteiger partial charge on any atom is 0.169 e. The van der Waals surface area contributed by atoms with E-state index in [4.69, 9.17) is 0 Å². The monoisotopic (exact) mass is 147 g/mol. The van der Waals surface area contributed by atoms with Gasteiger partial charge in [0.25, 0.3) is 0 Å². The van der Waals surface area contributed by atoms with Crippen LogP contribution in [0.3, 0.4) is 0 Å². The van der Waals surface area contributed by atoms with Crippen molar-refractivity contribution in [3.8, 4) is 0 Å². The van der Waals surface area contributed by atoms with Crippen molar-refractivity contribution in [2.75, 3.05) is 0 Å². The van der Waals surface area contributed by atoms with Crippen LogP contribution in [0, 0.1) is 0 Å². The second-order valence-electron chi connectivity index (χ2n) is 2.01. The second-order valence-corrected chi connectivity index (χ2v) is 27.0. The van der Waals surface area contributed by atoms with E-state index in [2.05, 4.69) is 12.1 Å². The molecule has 0 radical (unpaired) electrons. The molecule has 0 atom stereocenters. The quantitative estimate of drug-likeness (QED) is 0.311. The van der Waals surface area contributed by atoms with Gasteiger partial charge in [0.2, 0.25) is 0 Å². The highest BCUT2D eigenvalue weighted by Crippen LogP contribution is 1.75. The van der Waals surface area contributed by atoms with E-state index in [1.54, 1.807) is 0 Å². The molecule has 0 aromatic rings. The molecule has 1 aliphatic rings. The number of rotatable bonds is 0. The van der Waals surface area contributed by atoms with Gasteiger partial charge >= 0.3 is 0 Å². The van der Waals surface area contributed by atoms with Crippen molar-refractivity contribution < 1.29 is 0 Å². The summed E-state index contributed by atoms with van der Waals surface area (Å²) in [5.41, 5.74) is 0. The Morgan fingerprint density at radius 1 is 1.17 bits per heavy atom. The molecule has 6 heteroatoms. The van der Waals surface area contributed by atoms with Crippen LogP contribution in [-0.2, 0) is 0 Å². The van der Waals surface area contributed by atoms with Gasteiger partial charge < -0.3 is 4.14 Å². The van der Waals surface area contributed by atoms with Gasteiger partial charge in [0.15, 0.2) is 7.98 Å². The summed E-state index contributed by atoms with van der Waals surface area (Å²) in [6.45, 7) is 0. The fraction of sp³-hybridized carbons (Fsp3) is 0. The Bertz CT molecular complexity index is 40.8. The van der Waals surface area contributed by atoms with Gasteiger partial charge in [0.05, 0.1) is 18.4 Å². The summed E-state index contributed by atoms with van der Waals surface area (Å²) in [4.78, 5) is 0. The molecule has 0 unspecified atom stereocenters. The molecular weight excluding hydrogens is 137 g/mol. The highest BCUT2D eigenvalue weighted by Gasteiger charge is 2.06. The zero-order chi connectivity index (χ0) is 4.41. The van der Waals surface area contributed by atoms with Crippen LogP contribution < -0.4 is 0 Å². The average molecular weight is 147 g/mol. The van der Waals surface area contributed by atoms with Crippen molar-refractivity contribution in [1.29, 1.82) is 0 Å². The standard InChI is InChI=1S/BH10NSi4/c1-2-3-5-6-4-2/h1,3-6H2. The maximum atomic E-state index is 2.76. The van der Waals surface area contributed by atoms with Gasteiger partial charge in [-0.25, -0.2) is 0 Å². The number of hydrogen-bond acceptors (Lipinski definition) is 1. The minimum absolute atomic E-state index is 0.563. The molecule has 6 heavy (non-hydrogen) atoms. The Kier molecular flexibility index (Phi) is 1.90. The summed E-state index contributed by atoms with van der Waals surface area (Å²) in [6, 6.07) is 0. The van der Waals surface area contributed by atoms with Crippen molar-refractivity contribution >= 4 is 43.5 Å². The van der Waals surface area contributed by atoms with E-state index in [1.165, 1.54) is 0 Å². The van der Waals surface area contributed by atoms with Gasteiger partial charge in [0, 0.05) is 17.1 Å². The average Bonchev–Trinajstić information content (AvgIpc) is 1.86. The van der Waals surface area contributed by atoms with E-state index in [-0.39, 0.29) is 0 Å². The molecule has 1 nitrogen and oxygen atoms in total. The van der Waals surface area contributed by atoms with Crippen LogP contribution >= 0.6 is 0 Å². The summed E-state index contributed by atoms with van der Waals surface area (Å²) < 4.78 is 2.76. The topological polar surface area (TPSA) is 3.24 Å². The third-order valence-corrected chi connectivity index (χ3v) is 41.4. The Hall–Kier alpha value is 0.892. The van der Waals surface area contributed by atoms with Crippen molar-refractivity contribution in [3.63, 3.8) is 0 Å². The third-order valence-electron chi connectivity index (χ3n) is 1.33. The van der Waals surface area contributed by atoms with Gasteiger partial charge in [-0.05, 0) is 0 Å². The second kappa shape index (κ2) is 2.26. The maximum absolute atomic E-state index is 2.76. The normalized spacial score (nSPS) is 41.3. The Balaban J connectivity index is 2.18. The molecule has 0 bridgehead atoms. The van der Waals surface area contributed by atoms with Gasteiger partial charge in [-0.15, -0.1) is 0 Å². The molecule has 1 saturated heterocycles. The van der Waals surface area contributed by atoms with Crippen molar-refractivity contribution in [3.05, 3.63) is 0 Å². The molecule has 1 heterocycles. The van der Waals surface area contributed by atoms with E-state index in [9.17, 15) is 0 Å². The molecule has 0 amide bonds. The fourth-order valence-electron chi connectivity index (χ4n) is 0.875. The van der Waals surface area contributed by atoms with Gasteiger partial charge in [-0.2, -0.15) is 0 Å². The Morgan fingerprint density at radius 2 is 1.67 bits per heavy atom.